The van der Waals surface area contributed by atoms with Gasteiger partial charge in [-0.3, -0.25) is 4.79 Å². The molecule has 5 nitrogen and oxygen atoms in total. The van der Waals surface area contributed by atoms with Gasteiger partial charge in [-0.1, -0.05) is 12.1 Å². The molecule has 5 heteroatoms. The van der Waals surface area contributed by atoms with Crippen LogP contribution in [0, 0.1) is 0 Å². The third-order valence-corrected chi connectivity index (χ3v) is 2.87. The van der Waals surface area contributed by atoms with E-state index in [1.165, 1.54) is 0 Å². The topological polar surface area (TPSA) is 78.6 Å². The van der Waals surface area contributed by atoms with Gasteiger partial charge in [-0.15, -0.1) is 0 Å². The third kappa shape index (κ3) is 6.33. The lowest BCUT2D eigenvalue weighted by Crippen LogP contribution is -2.24. The maximum Gasteiger partial charge on any atom is 0.224 e. The van der Waals surface area contributed by atoms with Crippen molar-refractivity contribution in [1.82, 2.24) is 4.90 Å². The van der Waals surface area contributed by atoms with Crippen LogP contribution in [-0.4, -0.2) is 42.7 Å². The van der Waals surface area contributed by atoms with Gasteiger partial charge in [0, 0.05) is 25.2 Å². The Labute approximate surface area is 114 Å². The Morgan fingerprint density at radius 3 is 2.89 bits per heavy atom. The highest BCUT2D eigenvalue weighted by Crippen LogP contribution is 2.10. The van der Waals surface area contributed by atoms with Crippen LogP contribution in [0.2, 0.25) is 0 Å². The number of anilines is 1. The molecule has 0 aliphatic rings. The van der Waals surface area contributed by atoms with Crippen molar-refractivity contribution in [2.75, 3.05) is 32.1 Å². The van der Waals surface area contributed by atoms with Gasteiger partial charge in [-0.25, -0.2) is 0 Å². The van der Waals surface area contributed by atoms with Gasteiger partial charge in [-0.05, 0) is 37.7 Å². The molecule has 0 aromatic heterocycles. The molecule has 4 N–H and O–H groups in total. The van der Waals surface area contributed by atoms with Gasteiger partial charge >= 0.3 is 0 Å². The zero-order valence-corrected chi connectivity index (χ0v) is 11.4. The molecule has 0 heterocycles. The highest BCUT2D eigenvalue weighted by molar-refractivity contribution is 5.90. The van der Waals surface area contributed by atoms with Gasteiger partial charge in [0.1, 0.15) is 0 Å². The predicted octanol–water partition coefficient (Wildman–Crippen LogP) is 0.788. The smallest absolute Gasteiger partial charge is 0.224 e. The number of hydrogen-bond donors (Lipinski definition) is 3. The van der Waals surface area contributed by atoms with E-state index < -0.39 is 0 Å². The van der Waals surface area contributed by atoms with Crippen LogP contribution in [0.3, 0.4) is 0 Å². The molecule has 1 aromatic rings. The summed E-state index contributed by atoms with van der Waals surface area (Å²) >= 11 is 0. The van der Waals surface area contributed by atoms with Crippen molar-refractivity contribution in [2.24, 2.45) is 5.73 Å². The SMILES string of the molecule is CN(CCO)CCCC(=O)Nc1cccc(CN)c1. The van der Waals surface area contributed by atoms with E-state index in [-0.39, 0.29) is 12.5 Å². The molecular formula is C14H23N3O2. The summed E-state index contributed by atoms with van der Waals surface area (Å²) in [5, 5.41) is 11.6. The second kappa shape index (κ2) is 8.63. The summed E-state index contributed by atoms with van der Waals surface area (Å²) in [6.45, 7) is 2.06. The Bertz CT molecular complexity index is 396. The summed E-state index contributed by atoms with van der Waals surface area (Å²) in [6.07, 6.45) is 1.25. The fourth-order valence-corrected chi connectivity index (χ4v) is 1.79. The van der Waals surface area contributed by atoms with Crippen LogP contribution in [0.5, 0.6) is 0 Å². The molecule has 0 spiro atoms. The first-order valence-electron chi connectivity index (χ1n) is 6.54. The number of hydrogen-bond acceptors (Lipinski definition) is 4. The maximum absolute atomic E-state index is 11.7. The molecule has 1 rings (SSSR count). The van der Waals surface area contributed by atoms with Crippen molar-refractivity contribution >= 4 is 11.6 Å². The van der Waals surface area contributed by atoms with Crippen molar-refractivity contribution in [2.45, 2.75) is 19.4 Å². The van der Waals surface area contributed by atoms with Crippen molar-refractivity contribution in [1.29, 1.82) is 0 Å². The van der Waals surface area contributed by atoms with Gasteiger partial charge in [0.15, 0.2) is 0 Å². The van der Waals surface area contributed by atoms with Crippen LogP contribution < -0.4 is 11.1 Å². The number of nitrogens with two attached hydrogens (primary N) is 1. The number of carbonyl (C=O) groups excluding carboxylic acids is 1. The number of nitrogens with zero attached hydrogens (tertiary/aromatic N) is 1. The number of aliphatic hydroxyl groups excluding tert-OH is 1. The largest absolute Gasteiger partial charge is 0.395 e. The van der Waals surface area contributed by atoms with E-state index in [2.05, 4.69) is 5.32 Å². The van der Waals surface area contributed by atoms with Gasteiger partial charge < -0.3 is 21.1 Å². The van der Waals surface area contributed by atoms with E-state index in [9.17, 15) is 4.79 Å². The quantitative estimate of drug-likeness (QED) is 0.649. The number of carbonyl (C=O) groups is 1. The van der Waals surface area contributed by atoms with E-state index in [4.69, 9.17) is 10.8 Å². The molecular weight excluding hydrogens is 242 g/mol. The Kier molecular flexibility index (Phi) is 7.10. The Morgan fingerprint density at radius 1 is 1.42 bits per heavy atom. The number of amides is 1. The van der Waals surface area contributed by atoms with E-state index in [1.54, 1.807) is 0 Å². The summed E-state index contributed by atoms with van der Waals surface area (Å²) in [6, 6.07) is 7.55. The third-order valence-electron chi connectivity index (χ3n) is 2.87. The normalized spacial score (nSPS) is 10.7. The minimum absolute atomic E-state index is 0.00608. The molecule has 0 aliphatic heterocycles. The first-order chi connectivity index (χ1) is 9.15. The van der Waals surface area contributed by atoms with Gasteiger partial charge in [0.2, 0.25) is 5.91 Å². The predicted molar refractivity (Wildman–Crippen MR) is 76.8 cm³/mol. The van der Waals surface area contributed by atoms with Crippen molar-refractivity contribution in [3.8, 4) is 0 Å². The van der Waals surface area contributed by atoms with Crippen LogP contribution >= 0.6 is 0 Å². The fourth-order valence-electron chi connectivity index (χ4n) is 1.79. The van der Waals surface area contributed by atoms with E-state index in [1.807, 2.05) is 36.2 Å². The molecule has 1 aromatic carbocycles. The fraction of sp³-hybridized carbons (Fsp3) is 0.500. The number of likely N-dealkylation sites (N-methyl/N-ethyl adjacent to an activating group) is 1. The average molecular weight is 265 g/mol. The van der Waals surface area contributed by atoms with Crippen molar-refractivity contribution in [3.63, 3.8) is 0 Å². The monoisotopic (exact) mass is 265 g/mol. The molecule has 0 unspecified atom stereocenters. The second-order valence-corrected chi connectivity index (χ2v) is 4.58. The molecule has 0 saturated carbocycles. The molecule has 0 fully saturated rings. The lowest BCUT2D eigenvalue weighted by molar-refractivity contribution is -0.116. The highest BCUT2D eigenvalue weighted by Gasteiger charge is 2.04. The molecule has 0 radical (unpaired) electrons. The molecule has 19 heavy (non-hydrogen) atoms. The Morgan fingerprint density at radius 2 is 2.21 bits per heavy atom. The zero-order valence-electron chi connectivity index (χ0n) is 11.4. The number of nitrogens with one attached hydrogen (secondary N) is 1. The van der Waals surface area contributed by atoms with Gasteiger partial charge in [0.05, 0.1) is 6.61 Å². The minimum atomic E-state index is 0.00608. The molecule has 0 aliphatic carbocycles. The first kappa shape index (κ1) is 15.6. The summed E-state index contributed by atoms with van der Waals surface area (Å²) in [4.78, 5) is 13.7. The number of benzene rings is 1. The summed E-state index contributed by atoms with van der Waals surface area (Å²) in [5.41, 5.74) is 7.34. The van der Waals surface area contributed by atoms with Crippen LogP contribution in [0.15, 0.2) is 24.3 Å². The summed E-state index contributed by atoms with van der Waals surface area (Å²) in [7, 11) is 1.93. The van der Waals surface area contributed by atoms with Gasteiger partial charge in [0.25, 0.3) is 0 Å². The first-order valence-corrected chi connectivity index (χ1v) is 6.54. The van der Waals surface area contributed by atoms with Crippen LogP contribution in [0.1, 0.15) is 18.4 Å². The van der Waals surface area contributed by atoms with E-state index >= 15 is 0 Å². The second-order valence-electron chi connectivity index (χ2n) is 4.58. The number of aliphatic hydroxyl groups is 1. The average Bonchev–Trinajstić information content (AvgIpc) is 2.39. The summed E-state index contributed by atoms with van der Waals surface area (Å²) < 4.78 is 0. The van der Waals surface area contributed by atoms with Crippen LogP contribution in [-0.2, 0) is 11.3 Å². The molecule has 0 atom stereocenters. The summed E-state index contributed by atoms with van der Waals surface area (Å²) in [5.74, 6) is 0.00608. The molecule has 106 valence electrons. The number of rotatable bonds is 8. The lowest BCUT2D eigenvalue weighted by Gasteiger charge is -2.14. The Balaban J connectivity index is 2.30. The molecule has 1 amide bonds. The Hall–Kier alpha value is -1.43. The van der Waals surface area contributed by atoms with Crippen molar-refractivity contribution in [3.05, 3.63) is 29.8 Å². The van der Waals surface area contributed by atoms with Gasteiger partial charge in [-0.2, -0.15) is 0 Å². The highest BCUT2D eigenvalue weighted by atomic mass is 16.3. The zero-order chi connectivity index (χ0) is 14.1. The molecule has 0 bridgehead atoms. The molecule has 0 saturated heterocycles. The van der Waals surface area contributed by atoms with Crippen LogP contribution in [0.25, 0.3) is 0 Å². The van der Waals surface area contributed by atoms with Crippen LogP contribution in [0.4, 0.5) is 5.69 Å². The van der Waals surface area contributed by atoms with Crippen molar-refractivity contribution < 1.29 is 9.90 Å². The maximum atomic E-state index is 11.7. The standard InChI is InChI=1S/C14H23N3O2/c1-17(8-9-18)7-3-6-14(19)16-13-5-2-4-12(10-13)11-15/h2,4-5,10,18H,3,6-9,11,15H2,1H3,(H,16,19). The lowest BCUT2D eigenvalue weighted by atomic mass is 10.2. The van der Waals surface area contributed by atoms with E-state index in [0.29, 0.717) is 19.5 Å². The minimum Gasteiger partial charge on any atom is -0.395 e. The van der Waals surface area contributed by atoms with E-state index in [0.717, 1.165) is 24.2 Å².